The molecule has 1 amide bonds. The van der Waals surface area contributed by atoms with E-state index in [1.807, 2.05) is 56.3 Å². The zero-order valence-corrected chi connectivity index (χ0v) is 18.7. The average Bonchev–Trinajstić information content (AvgIpc) is 3.55. The number of anilines is 1. The number of hydrogen-bond acceptors (Lipinski definition) is 6. The van der Waals surface area contributed by atoms with Crippen LogP contribution in [0.4, 0.5) is 5.95 Å². The molecule has 0 unspecified atom stereocenters. The molecule has 0 saturated heterocycles. The topological polar surface area (TPSA) is 107 Å². The van der Waals surface area contributed by atoms with Crippen molar-refractivity contribution in [3.05, 3.63) is 71.2 Å². The van der Waals surface area contributed by atoms with E-state index in [0.29, 0.717) is 29.4 Å². The monoisotopic (exact) mass is 442 g/mol. The van der Waals surface area contributed by atoms with Gasteiger partial charge in [0.15, 0.2) is 5.65 Å². The molecule has 1 aliphatic rings. The van der Waals surface area contributed by atoms with Gasteiger partial charge in [0.2, 0.25) is 5.95 Å². The van der Waals surface area contributed by atoms with Gasteiger partial charge in [0.05, 0.1) is 17.9 Å². The highest BCUT2D eigenvalue weighted by molar-refractivity contribution is 5.96. The van der Waals surface area contributed by atoms with Crippen LogP contribution in [0.15, 0.2) is 48.7 Å². The standard InChI is InChI=1S/C25H26N6O2/c1-15-21(19-8-9-31-23(11-19)29-25(26)30-31)12-22(16(2)28-15)24(32)27-13-18-4-3-5-20(10-18)33-14-17-6-7-17/h3-5,8-12,17H,6-7,13-14H2,1-2H3,(H2,26,30)(H,27,32). The van der Waals surface area contributed by atoms with Crippen LogP contribution >= 0.6 is 0 Å². The lowest BCUT2D eigenvalue weighted by molar-refractivity contribution is 0.0950. The molecule has 168 valence electrons. The molecule has 0 bridgehead atoms. The minimum Gasteiger partial charge on any atom is -0.493 e. The van der Waals surface area contributed by atoms with Gasteiger partial charge >= 0.3 is 0 Å². The third kappa shape index (κ3) is 4.64. The van der Waals surface area contributed by atoms with Crippen molar-refractivity contribution >= 4 is 17.5 Å². The number of fused-ring (bicyclic) bond motifs is 1. The second kappa shape index (κ2) is 8.54. The first-order valence-corrected chi connectivity index (χ1v) is 11.1. The van der Waals surface area contributed by atoms with Gasteiger partial charge in [0.1, 0.15) is 5.75 Å². The first kappa shape index (κ1) is 20.9. The minimum atomic E-state index is -0.168. The van der Waals surface area contributed by atoms with Gasteiger partial charge in [-0.25, -0.2) is 4.52 Å². The summed E-state index contributed by atoms with van der Waals surface area (Å²) < 4.78 is 7.47. The number of pyridine rings is 2. The predicted molar refractivity (Wildman–Crippen MR) is 126 cm³/mol. The first-order chi connectivity index (χ1) is 16.0. The van der Waals surface area contributed by atoms with Crippen LogP contribution < -0.4 is 15.8 Å². The fourth-order valence-corrected chi connectivity index (χ4v) is 3.84. The highest BCUT2D eigenvalue weighted by Crippen LogP contribution is 2.30. The number of rotatable bonds is 7. The number of amides is 1. The van der Waals surface area contributed by atoms with Gasteiger partial charge in [-0.3, -0.25) is 9.78 Å². The van der Waals surface area contributed by atoms with Crippen LogP contribution in [-0.4, -0.2) is 32.1 Å². The van der Waals surface area contributed by atoms with E-state index in [2.05, 4.69) is 20.4 Å². The van der Waals surface area contributed by atoms with Crippen LogP contribution in [0, 0.1) is 19.8 Å². The molecule has 1 aromatic carbocycles. The molecule has 5 rings (SSSR count). The smallest absolute Gasteiger partial charge is 0.253 e. The third-order valence-electron chi connectivity index (χ3n) is 5.85. The fraction of sp³-hybridized carbons (Fsp3) is 0.280. The van der Waals surface area contributed by atoms with Crippen LogP contribution in [0.3, 0.4) is 0 Å². The van der Waals surface area contributed by atoms with Gasteiger partial charge in [-0.15, -0.1) is 5.10 Å². The second-order valence-electron chi connectivity index (χ2n) is 8.53. The van der Waals surface area contributed by atoms with E-state index in [1.165, 1.54) is 12.8 Å². The Kier molecular flexibility index (Phi) is 5.42. The third-order valence-corrected chi connectivity index (χ3v) is 5.85. The van der Waals surface area contributed by atoms with Gasteiger partial charge < -0.3 is 15.8 Å². The van der Waals surface area contributed by atoms with E-state index in [-0.39, 0.29) is 11.9 Å². The Morgan fingerprint density at radius 2 is 2.00 bits per heavy atom. The number of nitrogens with one attached hydrogen (secondary N) is 1. The summed E-state index contributed by atoms with van der Waals surface area (Å²) in [5.74, 6) is 1.59. The summed E-state index contributed by atoms with van der Waals surface area (Å²) in [6, 6.07) is 13.5. The Hall–Kier alpha value is -3.94. The van der Waals surface area contributed by atoms with Crippen molar-refractivity contribution in [2.24, 2.45) is 5.92 Å². The van der Waals surface area contributed by atoms with Crippen LogP contribution in [0.5, 0.6) is 5.75 Å². The quantitative estimate of drug-likeness (QED) is 0.452. The largest absolute Gasteiger partial charge is 0.493 e. The summed E-state index contributed by atoms with van der Waals surface area (Å²) in [5, 5.41) is 7.12. The molecule has 8 nitrogen and oxygen atoms in total. The molecular formula is C25H26N6O2. The van der Waals surface area contributed by atoms with E-state index in [9.17, 15) is 4.79 Å². The normalized spacial score (nSPS) is 13.3. The number of benzene rings is 1. The lowest BCUT2D eigenvalue weighted by atomic mass is 10.0. The highest BCUT2D eigenvalue weighted by Gasteiger charge is 2.22. The van der Waals surface area contributed by atoms with E-state index in [0.717, 1.165) is 34.7 Å². The summed E-state index contributed by atoms with van der Waals surface area (Å²) in [4.78, 5) is 21.9. The van der Waals surface area contributed by atoms with Crippen molar-refractivity contribution in [1.82, 2.24) is 24.9 Å². The van der Waals surface area contributed by atoms with Crippen LogP contribution in [0.25, 0.3) is 16.8 Å². The second-order valence-corrected chi connectivity index (χ2v) is 8.53. The zero-order valence-electron chi connectivity index (χ0n) is 18.7. The van der Waals surface area contributed by atoms with Gasteiger partial charge in [0.25, 0.3) is 5.91 Å². The Bertz CT molecular complexity index is 1340. The maximum absolute atomic E-state index is 13.0. The highest BCUT2D eigenvalue weighted by atomic mass is 16.5. The molecule has 3 heterocycles. The first-order valence-electron chi connectivity index (χ1n) is 11.1. The van der Waals surface area contributed by atoms with Crippen molar-refractivity contribution in [2.75, 3.05) is 12.3 Å². The number of nitrogens with two attached hydrogens (primary N) is 1. The Morgan fingerprint density at radius 1 is 1.15 bits per heavy atom. The molecule has 0 aliphatic heterocycles. The lowest BCUT2D eigenvalue weighted by Crippen LogP contribution is -2.24. The van der Waals surface area contributed by atoms with Crippen molar-refractivity contribution < 1.29 is 9.53 Å². The number of carbonyl (C=O) groups is 1. The van der Waals surface area contributed by atoms with Crippen LogP contribution in [-0.2, 0) is 6.54 Å². The molecule has 3 N–H and O–H groups in total. The van der Waals surface area contributed by atoms with Gasteiger partial charge in [0, 0.05) is 24.0 Å². The molecule has 3 aromatic heterocycles. The number of ether oxygens (including phenoxy) is 1. The molecule has 33 heavy (non-hydrogen) atoms. The molecule has 1 fully saturated rings. The fourth-order valence-electron chi connectivity index (χ4n) is 3.84. The molecule has 0 spiro atoms. The predicted octanol–water partition coefficient (Wildman–Crippen LogP) is 3.71. The molecule has 4 aromatic rings. The molecule has 8 heteroatoms. The number of carbonyl (C=O) groups excluding carboxylic acids is 1. The summed E-state index contributed by atoms with van der Waals surface area (Å²) in [6.45, 7) is 4.95. The molecular weight excluding hydrogens is 416 g/mol. The van der Waals surface area contributed by atoms with E-state index in [4.69, 9.17) is 10.5 Å². The number of hydrogen-bond donors (Lipinski definition) is 2. The summed E-state index contributed by atoms with van der Waals surface area (Å²) in [6.07, 6.45) is 4.30. The lowest BCUT2D eigenvalue weighted by Gasteiger charge is -2.13. The maximum atomic E-state index is 13.0. The Balaban J connectivity index is 1.34. The maximum Gasteiger partial charge on any atom is 0.253 e. The van der Waals surface area contributed by atoms with E-state index < -0.39 is 0 Å². The van der Waals surface area contributed by atoms with Crippen molar-refractivity contribution in [3.63, 3.8) is 0 Å². The summed E-state index contributed by atoms with van der Waals surface area (Å²) >= 11 is 0. The van der Waals surface area contributed by atoms with E-state index in [1.54, 1.807) is 10.7 Å². The van der Waals surface area contributed by atoms with E-state index >= 15 is 0 Å². The molecule has 1 aliphatic carbocycles. The van der Waals surface area contributed by atoms with Crippen molar-refractivity contribution in [3.8, 4) is 16.9 Å². The number of nitrogens with zero attached hydrogens (tertiary/aromatic N) is 4. The molecule has 0 radical (unpaired) electrons. The van der Waals surface area contributed by atoms with Crippen molar-refractivity contribution in [1.29, 1.82) is 0 Å². The number of aryl methyl sites for hydroxylation is 2. The minimum absolute atomic E-state index is 0.168. The number of nitrogen functional groups attached to an aromatic ring is 1. The van der Waals surface area contributed by atoms with Crippen molar-refractivity contribution in [2.45, 2.75) is 33.2 Å². The Morgan fingerprint density at radius 3 is 2.82 bits per heavy atom. The SMILES string of the molecule is Cc1nc(C)c(-c2ccn3nc(N)nc3c2)cc1C(=O)NCc1cccc(OCC2CC2)c1. The summed E-state index contributed by atoms with van der Waals surface area (Å²) in [7, 11) is 0. The summed E-state index contributed by atoms with van der Waals surface area (Å²) in [5.41, 5.74) is 11.2. The van der Waals surface area contributed by atoms with Crippen LogP contribution in [0.2, 0.25) is 0 Å². The average molecular weight is 443 g/mol. The molecule has 0 atom stereocenters. The van der Waals surface area contributed by atoms with Crippen LogP contribution in [0.1, 0.15) is 40.2 Å². The Labute approximate surface area is 191 Å². The molecule has 1 saturated carbocycles. The number of aromatic nitrogens is 4. The van der Waals surface area contributed by atoms with Gasteiger partial charge in [-0.1, -0.05) is 12.1 Å². The van der Waals surface area contributed by atoms with Gasteiger partial charge in [-0.05, 0) is 74.1 Å². The zero-order chi connectivity index (χ0) is 22.9. The van der Waals surface area contributed by atoms with Gasteiger partial charge in [-0.2, -0.15) is 4.98 Å².